The molecule has 0 fully saturated rings. The molecule has 2 heterocycles. The van der Waals surface area contributed by atoms with Crippen molar-refractivity contribution in [3.8, 4) is 10.6 Å². The maximum Gasteiger partial charge on any atom is 0.251 e. The molecule has 0 saturated carbocycles. The van der Waals surface area contributed by atoms with E-state index in [-0.39, 0.29) is 5.91 Å². The zero-order valence-electron chi connectivity index (χ0n) is 16.1. The van der Waals surface area contributed by atoms with Crippen molar-refractivity contribution >= 4 is 22.2 Å². The number of benzene rings is 2. The third-order valence-electron chi connectivity index (χ3n) is 4.79. The van der Waals surface area contributed by atoms with Crippen molar-refractivity contribution < 1.29 is 4.79 Å². The van der Waals surface area contributed by atoms with E-state index in [0.29, 0.717) is 12.1 Å². The van der Waals surface area contributed by atoms with Gasteiger partial charge in [0.25, 0.3) is 5.91 Å². The molecule has 142 valence electrons. The Labute approximate surface area is 167 Å². The first-order chi connectivity index (χ1) is 13.5. The van der Waals surface area contributed by atoms with Crippen LogP contribution >= 0.6 is 11.3 Å². The van der Waals surface area contributed by atoms with Gasteiger partial charge in [-0.25, -0.2) is 0 Å². The Kier molecular flexibility index (Phi) is 4.92. The van der Waals surface area contributed by atoms with E-state index in [0.717, 1.165) is 38.9 Å². The summed E-state index contributed by atoms with van der Waals surface area (Å²) in [6, 6.07) is 13.8. The largest absolute Gasteiger partial charge is 0.348 e. The molecule has 2 aromatic heterocycles. The van der Waals surface area contributed by atoms with Gasteiger partial charge in [-0.1, -0.05) is 48.6 Å². The number of rotatable bonds is 5. The Morgan fingerprint density at radius 3 is 2.57 bits per heavy atom. The number of carbonyl (C=O) groups excluding carboxylic acids is 1. The predicted octanol–water partition coefficient (Wildman–Crippen LogP) is 3.96. The van der Waals surface area contributed by atoms with E-state index in [9.17, 15) is 4.79 Å². The lowest BCUT2D eigenvalue weighted by Gasteiger charge is -2.08. The fraction of sp³-hybridized carbons (Fsp3) is 0.238. The summed E-state index contributed by atoms with van der Waals surface area (Å²) in [5.41, 5.74) is 5.06. The molecule has 0 aliphatic rings. The maximum absolute atomic E-state index is 12.4. The summed E-state index contributed by atoms with van der Waals surface area (Å²) in [6.07, 6.45) is 0.795. The number of aromatic nitrogens is 4. The van der Waals surface area contributed by atoms with Crippen LogP contribution in [0.2, 0.25) is 0 Å². The minimum atomic E-state index is -0.0621. The normalized spacial score (nSPS) is 11.1. The number of aryl methyl sites for hydroxylation is 3. The van der Waals surface area contributed by atoms with Crippen LogP contribution in [0.15, 0.2) is 42.5 Å². The van der Waals surface area contributed by atoms with Crippen molar-refractivity contribution in [2.45, 2.75) is 33.7 Å². The van der Waals surface area contributed by atoms with Crippen molar-refractivity contribution in [3.05, 3.63) is 70.5 Å². The number of nitrogens with zero attached hydrogens (tertiary/aromatic N) is 4. The quantitative estimate of drug-likeness (QED) is 0.559. The van der Waals surface area contributed by atoms with Crippen LogP contribution in [0.5, 0.6) is 0 Å². The highest BCUT2D eigenvalue weighted by molar-refractivity contribution is 7.19. The number of fused-ring (bicyclic) bond motifs is 1. The summed E-state index contributed by atoms with van der Waals surface area (Å²) in [6.45, 7) is 6.58. The van der Waals surface area contributed by atoms with Gasteiger partial charge >= 0.3 is 0 Å². The fourth-order valence-corrected chi connectivity index (χ4v) is 3.79. The Hall–Kier alpha value is -3.06. The number of amides is 1. The molecule has 0 radical (unpaired) electrons. The van der Waals surface area contributed by atoms with E-state index in [1.165, 1.54) is 16.9 Å². The van der Waals surface area contributed by atoms with Gasteiger partial charge in [-0.3, -0.25) is 4.79 Å². The van der Waals surface area contributed by atoms with Gasteiger partial charge in [0, 0.05) is 24.1 Å². The van der Waals surface area contributed by atoms with E-state index < -0.39 is 0 Å². The molecular formula is C21H21N5OS. The molecule has 0 unspecified atom stereocenters. The van der Waals surface area contributed by atoms with Crippen LogP contribution in [0.4, 0.5) is 0 Å². The number of carbonyl (C=O) groups is 1. The lowest BCUT2D eigenvalue weighted by atomic mass is 10.1. The smallest absolute Gasteiger partial charge is 0.251 e. The fourth-order valence-electron chi connectivity index (χ4n) is 2.93. The molecule has 4 rings (SSSR count). The molecule has 0 atom stereocenters. The number of nitrogens with one attached hydrogen (secondary N) is 1. The van der Waals surface area contributed by atoms with Gasteiger partial charge in [-0.15, -0.1) is 10.2 Å². The molecule has 6 nitrogen and oxygen atoms in total. The van der Waals surface area contributed by atoms with Gasteiger partial charge in [0.2, 0.25) is 4.96 Å². The van der Waals surface area contributed by atoms with Crippen molar-refractivity contribution in [2.75, 3.05) is 0 Å². The Morgan fingerprint density at radius 1 is 1.07 bits per heavy atom. The van der Waals surface area contributed by atoms with Gasteiger partial charge in [0.05, 0.1) is 0 Å². The molecule has 2 aromatic carbocycles. The first-order valence-electron chi connectivity index (χ1n) is 9.21. The zero-order chi connectivity index (χ0) is 19.7. The number of hydrogen-bond donors (Lipinski definition) is 1. The summed E-state index contributed by atoms with van der Waals surface area (Å²) in [5, 5.41) is 16.8. The minimum absolute atomic E-state index is 0.0621. The third-order valence-corrected chi connectivity index (χ3v) is 5.74. The Balaban J connectivity index is 1.44. The molecule has 1 N–H and O–H groups in total. The summed E-state index contributed by atoms with van der Waals surface area (Å²) in [7, 11) is 0. The van der Waals surface area contributed by atoms with Gasteiger partial charge in [-0.05, 0) is 42.7 Å². The Morgan fingerprint density at radius 2 is 1.86 bits per heavy atom. The molecule has 0 bridgehead atoms. The van der Waals surface area contributed by atoms with Gasteiger partial charge in [0.15, 0.2) is 5.82 Å². The first-order valence-corrected chi connectivity index (χ1v) is 10.0. The summed E-state index contributed by atoms with van der Waals surface area (Å²) in [4.78, 5) is 13.2. The second-order valence-electron chi connectivity index (χ2n) is 6.75. The van der Waals surface area contributed by atoms with Gasteiger partial charge < -0.3 is 5.32 Å². The first kappa shape index (κ1) is 18.3. The van der Waals surface area contributed by atoms with Crippen LogP contribution in [0.3, 0.4) is 0 Å². The molecule has 0 aliphatic heterocycles. The zero-order valence-corrected chi connectivity index (χ0v) is 16.9. The average Bonchev–Trinajstić information content (AvgIpc) is 3.29. The second kappa shape index (κ2) is 7.52. The van der Waals surface area contributed by atoms with E-state index in [4.69, 9.17) is 0 Å². The van der Waals surface area contributed by atoms with Crippen molar-refractivity contribution in [3.63, 3.8) is 0 Å². The van der Waals surface area contributed by atoms with E-state index in [2.05, 4.69) is 20.6 Å². The SMILES string of the molecule is CCc1nnc2sc(-c3ccc(CNC(=O)c4ccc(C)c(C)c4)cc3)nn12. The van der Waals surface area contributed by atoms with Crippen molar-refractivity contribution in [1.82, 2.24) is 25.1 Å². The molecule has 1 amide bonds. The molecule has 28 heavy (non-hydrogen) atoms. The van der Waals surface area contributed by atoms with Crippen LogP contribution < -0.4 is 5.32 Å². The van der Waals surface area contributed by atoms with Crippen LogP contribution in [0.25, 0.3) is 15.5 Å². The summed E-state index contributed by atoms with van der Waals surface area (Å²) >= 11 is 1.52. The van der Waals surface area contributed by atoms with E-state index in [1.807, 2.05) is 63.2 Å². The van der Waals surface area contributed by atoms with E-state index >= 15 is 0 Å². The maximum atomic E-state index is 12.4. The van der Waals surface area contributed by atoms with Gasteiger partial charge in [0.1, 0.15) is 5.01 Å². The van der Waals surface area contributed by atoms with Crippen molar-refractivity contribution in [2.24, 2.45) is 0 Å². The van der Waals surface area contributed by atoms with Gasteiger partial charge in [-0.2, -0.15) is 9.61 Å². The average molecular weight is 392 g/mol. The molecule has 0 saturated heterocycles. The molecule has 0 spiro atoms. The van der Waals surface area contributed by atoms with Crippen LogP contribution in [0.1, 0.15) is 39.8 Å². The highest BCUT2D eigenvalue weighted by Crippen LogP contribution is 2.25. The third kappa shape index (κ3) is 3.53. The summed E-state index contributed by atoms with van der Waals surface area (Å²) < 4.78 is 1.80. The lowest BCUT2D eigenvalue weighted by molar-refractivity contribution is 0.0951. The minimum Gasteiger partial charge on any atom is -0.348 e. The topological polar surface area (TPSA) is 72.2 Å². The number of hydrogen-bond acceptors (Lipinski definition) is 5. The molecule has 0 aliphatic carbocycles. The Bertz CT molecular complexity index is 1140. The van der Waals surface area contributed by atoms with E-state index in [1.54, 1.807) is 4.52 Å². The van der Waals surface area contributed by atoms with Crippen LogP contribution in [0, 0.1) is 13.8 Å². The van der Waals surface area contributed by atoms with Crippen LogP contribution in [-0.4, -0.2) is 25.7 Å². The predicted molar refractivity (Wildman–Crippen MR) is 111 cm³/mol. The lowest BCUT2D eigenvalue weighted by Crippen LogP contribution is -2.22. The highest BCUT2D eigenvalue weighted by atomic mass is 32.1. The van der Waals surface area contributed by atoms with Crippen LogP contribution in [-0.2, 0) is 13.0 Å². The second-order valence-corrected chi connectivity index (χ2v) is 7.71. The summed E-state index contributed by atoms with van der Waals surface area (Å²) in [5.74, 6) is 0.802. The van der Waals surface area contributed by atoms with Crippen molar-refractivity contribution in [1.29, 1.82) is 0 Å². The molecule has 7 heteroatoms. The standard InChI is InChI=1S/C21H21N5OS/c1-4-18-23-24-21-26(18)25-20(28-21)16-9-6-15(7-10-16)12-22-19(27)17-8-5-13(2)14(3)11-17/h5-11H,4,12H2,1-3H3,(H,22,27). The highest BCUT2D eigenvalue weighted by Gasteiger charge is 2.12. The molecular weight excluding hydrogens is 370 g/mol. The monoisotopic (exact) mass is 391 g/mol. The molecule has 4 aromatic rings.